The van der Waals surface area contributed by atoms with Crippen molar-refractivity contribution in [3.8, 4) is 92.0 Å². The van der Waals surface area contributed by atoms with E-state index in [9.17, 15) is 81.7 Å². The van der Waals surface area contributed by atoms with Gasteiger partial charge in [0.25, 0.3) is 0 Å². The lowest BCUT2D eigenvalue weighted by Crippen LogP contribution is -2.60. The molecule has 5 aliphatic heterocycles. The van der Waals surface area contributed by atoms with Crippen LogP contribution in [0.25, 0.3) is 17.4 Å². The van der Waals surface area contributed by atoms with Gasteiger partial charge in [-0.25, -0.2) is 0 Å². The van der Waals surface area contributed by atoms with E-state index in [-0.39, 0.29) is 114 Å². The highest BCUT2D eigenvalue weighted by atomic mass is 16.7. The summed E-state index contributed by atoms with van der Waals surface area (Å²) < 4.78 is 47.1. The van der Waals surface area contributed by atoms with Gasteiger partial charge in [0.1, 0.15) is 88.4 Å². The second-order valence-electron chi connectivity index (χ2n) is 19.7. The molecule has 11 rings (SSSR count). The maximum absolute atomic E-state index is 12.6. The van der Waals surface area contributed by atoms with Gasteiger partial charge in [0, 0.05) is 52.9 Å². The highest BCUT2D eigenvalue weighted by molar-refractivity contribution is 5.95. The number of allylic oxidation sites excluding steroid dienone is 1. The highest BCUT2D eigenvalue weighted by Crippen LogP contribution is 2.59. The molecule has 11 atom stereocenters. The average Bonchev–Trinajstić information content (AvgIpc) is 3.64. The SMILES string of the molecule is COc1cc(C2=C([OH+][C@H]3O[C@H](CO)[C@@H](O)[C@H](O)[C@H]3O)C3=CC(C=Cc4c(O)cc(O)c5c4O[C@@H](c4ccc(O)c(O)c4)[C@H](O)[C@H]5c4c(O)cc(O)c5c4O[C@H](c4ccc(O)c(O)c4)[C@@H](O)C5)Oc4cc(O)cc(c43)O2)cc(OC)c1O. The van der Waals surface area contributed by atoms with Crippen molar-refractivity contribution in [2.45, 2.75) is 73.6 Å². The molecule has 1 fully saturated rings. The van der Waals surface area contributed by atoms with Crippen LogP contribution in [-0.4, -0.2) is 156 Å². The fraction of sp³-hybridized carbons (Fsp3) is 0.263. The molecule has 1 saturated heterocycles. The van der Waals surface area contributed by atoms with Crippen LogP contribution in [0.5, 0.6) is 92.0 Å². The van der Waals surface area contributed by atoms with E-state index < -0.39 is 120 Å². The molecular formula is C57H53O24+. The van der Waals surface area contributed by atoms with Gasteiger partial charge in [0.15, 0.2) is 46.7 Å². The second-order valence-corrected chi connectivity index (χ2v) is 19.7. The summed E-state index contributed by atoms with van der Waals surface area (Å²) in [5, 5.41) is 177. The topological polar surface area (TPSA) is 401 Å². The Morgan fingerprint density at radius 2 is 1.21 bits per heavy atom. The lowest BCUT2D eigenvalue weighted by Gasteiger charge is -2.40. The van der Waals surface area contributed by atoms with Crippen molar-refractivity contribution in [1.29, 1.82) is 0 Å². The van der Waals surface area contributed by atoms with Gasteiger partial charge in [-0.1, -0.05) is 12.1 Å². The Hall–Kier alpha value is -9.14. The van der Waals surface area contributed by atoms with Crippen LogP contribution in [0.3, 0.4) is 0 Å². The zero-order valence-electron chi connectivity index (χ0n) is 42.4. The van der Waals surface area contributed by atoms with E-state index in [1.807, 2.05) is 0 Å². The van der Waals surface area contributed by atoms with Gasteiger partial charge in [-0.3, -0.25) is 4.74 Å². The quantitative estimate of drug-likeness (QED) is 0.0653. The van der Waals surface area contributed by atoms with Gasteiger partial charge in [-0.05, 0) is 65.8 Å². The Bertz CT molecular complexity index is 3580. The molecule has 0 radical (unpaired) electrons. The molecule has 0 saturated carbocycles. The molecule has 0 aromatic heterocycles. The molecule has 0 bridgehead atoms. The number of fused-ring (bicyclic) bond motifs is 2. The van der Waals surface area contributed by atoms with E-state index in [2.05, 4.69) is 0 Å². The van der Waals surface area contributed by atoms with Crippen LogP contribution in [0.1, 0.15) is 62.6 Å². The molecule has 81 heavy (non-hydrogen) atoms. The second kappa shape index (κ2) is 20.5. The summed E-state index contributed by atoms with van der Waals surface area (Å²) in [5.74, 6) is -8.11. The molecule has 5 aliphatic rings. The van der Waals surface area contributed by atoms with E-state index in [4.69, 9.17) is 37.9 Å². The van der Waals surface area contributed by atoms with Crippen LogP contribution < -0.4 is 28.4 Å². The van der Waals surface area contributed by atoms with Crippen molar-refractivity contribution >= 4 is 17.4 Å². The maximum atomic E-state index is 12.6. The summed E-state index contributed by atoms with van der Waals surface area (Å²) in [6.07, 6.45) is -12.1. The number of rotatable bonds is 11. The van der Waals surface area contributed by atoms with Crippen LogP contribution in [0.2, 0.25) is 0 Å². The fourth-order valence-corrected chi connectivity index (χ4v) is 10.8. The Balaban J connectivity index is 1.08. The largest absolute Gasteiger partial charge is 0.555 e. The number of hydrogen-bond donors (Lipinski definition) is 16. The van der Waals surface area contributed by atoms with Crippen LogP contribution in [0, 0.1) is 0 Å². The first-order chi connectivity index (χ1) is 38.7. The van der Waals surface area contributed by atoms with Crippen LogP contribution in [-0.2, 0) is 11.2 Å². The zero-order chi connectivity index (χ0) is 57.6. The molecule has 0 spiro atoms. The standard InChI is InChI=1S/C57H52O24/c1-74-39-11-22(12-40(75-2)46(39)69)53-56(81-57-50(73)49(72)47(70)41(19-58)78-57)27-15-24(76-37-13-23(59)14-38(77-53)42(27)37)5-6-25-30(62)17-34(66)43-45(48(71)52(80-54(25)43)21-4-8-29(61)33(65)10-21)44-35(67)18-31(63)26-16-36(68)51(79-55(26)44)20-3-7-28(60)32(64)9-20/h3-15,17-18,24,36,41,45,47-52,57-73H,16,19H2,1-2H3/p+1/t24?,36-,41+,45+,47+,48+,49-,50+,51+,52-,57+/m0/s1. The van der Waals surface area contributed by atoms with Crippen molar-refractivity contribution < 1.29 is 120 Å². The highest BCUT2D eigenvalue weighted by Gasteiger charge is 2.51. The average molecular weight is 1120 g/mol. The van der Waals surface area contributed by atoms with E-state index >= 15 is 0 Å². The Morgan fingerprint density at radius 3 is 1.84 bits per heavy atom. The summed E-state index contributed by atoms with van der Waals surface area (Å²) in [6.45, 7) is -0.791. The van der Waals surface area contributed by atoms with Crippen molar-refractivity contribution in [3.63, 3.8) is 0 Å². The smallest absolute Gasteiger partial charge is 0.326 e. The van der Waals surface area contributed by atoms with E-state index in [1.165, 1.54) is 68.8 Å². The lowest BCUT2D eigenvalue weighted by molar-refractivity contribution is -0.330. The van der Waals surface area contributed by atoms with Crippen LogP contribution in [0.15, 0.2) is 90.7 Å². The van der Waals surface area contributed by atoms with E-state index in [1.54, 1.807) is 0 Å². The van der Waals surface area contributed by atoms with Crippen molar-refractivity contribution in [2.24, 2.45) is 0 Å². The molecule has 0 aliphatic carbocycles. The first-order valence-electron chi connectivity index (χ1n) is 24.9. The number of phenols is 10. The third kappa shape index (κ3) is 9.13. The number of ether oxygens (including phenoxy) is 8. The Morgan fingerprint density at radius 1 is 0.605 bits per heavy atom. The molecular weight excluding hydrogens is 1070 g/mol. The van der Waals surface area contributed by atoms with Crippen LogP contribution >= 0.6 is 0 Å². The van der Waals surface area contributed by atoms with Gasteiger partial charge < -0.3 is 115 Å². The Kier molecular flexibility index (Phi) is 13.6. The molecule has 424 valence electrons. The van der Waals surface area contributed by atoms with Crippen molar-refractivity contribution in [2.75, 3.05) is 20.8 Å². The lowest BCUT2D eigenvalue weighted by atomic mass is 9.76. The third-order valence-electron chi connectivity index (χ3n) is 14.8. The molecule has 0 amide bonds. The monoisotopic (exact) mass is 1120 g/mol. The Labute approximate surface area is 457 Å². The minimum absolute atomic E-state index is 0.00712. The molecule has 17 N–H and O–H groups in total. The van der Waals surface area contributed by atoms with Gasteiger partial charge in [-0.15, -0.1) is 0 Å². The number of aliphatic hydroxyl groups excluding tert-OH is 6. The number of phenolic OH excluding ortho intramolecular Hbond substituents is 10. The molecule has 6 aromatic carbocycles. The number of methoxy groups -OCH3 is 2. The van der Waals surface area contributed by atoms with Gasteiger partial charge >= 0.3 is 12.0 Å². The predicted octanol–water partition coefficient (Wildman–Crippen LogP) is 3.37. The number of aromatic hydroxyl groups is 10. The predicted molar refractivity (Wildman–Crippen MR) is 278 cm³/mol. The van der Waals surface area contributed by atoms with E-state index in [0.29, 0.717) is 0 Å². The minimum atomic E-state index is -1.89. The zero-order valence-corrected chi connectivity index (χ0v) is 42.4. The summed E-state index contributed by atoms with van der Waals surface area (Å²) in [5.41, 5.74) is -0.0826. The van der Waals surface area contributed by atoms with Crippen LogP contribution in [0.4, 0.5) is 0 Å². The minimum Gasteiger partial charge on any atom is -0.555 e. The number of aliphatic hydroxyl groups is 8. The first kappa shape index (κ1) is 53.8. The molecule has 1 unspecified atom stereocenters. The molecule has 5 heterocycles. The van der Waals surface area contributed by atoms with Gasteiger partial charge in [0.05, 0.1) is 49.5 Å². The molecule has 6 aromatic rings. The van der Waals surface area contributed by atoms with Crippen molar-refractivity contribution in [3.05, 3.63) is 135 Å². The normalized spacial score (nSPS) is 25.5. The van der Waals surface area contributed by atoms with Gasteiger partial charge in [0.2, 0.25) is 11.5 Å². The summed E-state index contributed by atoms with van der Waals surface area (Å²) >= 11 is 0. The summed E-state index contributed by atoms with van der Waals surface area (Å²) in [7, 11) is 2.57. The number of hydrogen-bond acceptors (Lipinski definition) is 23. The van der Waals surface area contributed by atoms with Gasteiger partial charge in [-0.2, -0.15) is 0 Å². The maximum Gasteiger partial charge on any atom is 0.326 e. The molecule has 24 heteroatoms. The number of benzene rings is 6. The summed E-state index contributed by atoms with van der Waals surface area (Å²) in [6, 6.07) is 14.3. The third-order valence-corrected chi connectivity index (χ3v) is 14.8. The summed E-state index contributed by atoms with van der Waals surface area (Å²) in [4.78, 5) is 0. The van der Waals surface area contributed by atoms with Crippen molar-refractivity contribution in [1.82, 2.24) is 0 Å². The first-order valence-corrected chi connectivity index (χ1v) is 24.9. The molecule has 24 nitrogen and oxygen atoms in total. The van der Waals surface area contributed by atoms with E-state index in [0.717, 1.165) is 36.4 Å². The fourth-order valence-electron chi connectivity index (χ4n) is 10.8.